The van der Waals surface area contributed by atoms with Crippen LogP contribution >= 0.6 is 0 Å². The second-order valence-corrected chi connectivity index (χ2v) is 7.58. The van der Waals surface area contributed by atoms with Crippen LogP contribution in [0.15, 0.2) is 35.4 Å². The molecule has 0 amide bonds. The van der Waals surface area contributed by atoms with Gasteiger partial charge in [0.25, 0.3) is 10.1 Å². The van der Waals surface area contributed by atoms with E-state index in [-0.39, 0.29) is 6.10 Å². The van der Waals surface area contributed by atoms with Gasteiger partial charge in [-0.25, -0.2) is 0 Å². The van der Waals surface area contributed by atoms with Crippen molar-refractivity contribution in [1.29, 1.82) is 0 Å². The summed E-state index contributed by atoms with van der Waals surface area (Å²) in [4.78, 5) is 2.76. The van der Waals surface area contributed by atoms with Crippen LogP contribution in [0, 0.1) is 0 Å². The Morgan fingerprint density at radius 2 is 2.00 bits per heavy atom. The summed E-state index contributed by atoms with van der Waals surface area (Å²) in [5.41, 5.74) is 9.77. The number of fused-ring (bicyclic) bond motifs is 1. The lowest BCUT2D eigenvalue weighted by Gasteiger charge is -2.40. The van der Waals surface area contributed by atoms with E-state index >= 15 is 0 Å². The van der Waals surface area contributed by atoms with Gasteiger partial charge in [-0.05, 0) is 11.1 Å². The van der Waals surface area contributed by atoms with Crippen molar-refractivity contribution in [3.05, 3.63) is 46.3 Å². The third kappa shape index (κ3) is 3.95. The summed E-state index contributed by atoms with van der Waals surface area (Å²) >= 11 is 0. The zero-order chi connectivity index (χ0) is 18.0. The molecule has 2 fully saturated rings. The van der Waals surface area contributed by atoms with Crippen LogP contribution in [-0.4, -0.2) is 52.4 Å². The summed E-state index contributed by atoms with van der Waals surface area (Å²) in [5, 5.41) is 3.62. The van der Waals surface area contributed by atoms with Crippen molar-refractivity contribution in [1.82, 2.24) is 0 Å². The molecule has 9 nitrogen and oxygen atoms in total. The van der Waals surface area contributed by atoms with Crippen LogP contribution in [0.2, 0.25) is 0 Å². The molecule has 0 aliphatic carbocycles. The molecule has 25 heavy (non-hydrogen) atoms. The Bertz CT molecular complexity index is 752. The zero-order valence-electron chi connectivity index (χ0n) is 13.8. The highest BCUT2D eigenvalue weighted by molar-refractivity contribution is 7.86. The Labute approximate surface area is 145 Å². The third-order valence-electron chi connectivity index (χ3n) is 4.26. The minimum Gasteiger partial charge on any atom is -0.365 e. The molecule has 136 valence electrons. The third-order valence-corrected chi connectivity index (χ3v) is 4.83. The highest BCUT2D eigenvalue weighted by Gasteiger charge is 2.53. The highest BCUT2D eigenvalue weighted by atomic mass is 32.2. The molecule has 0 radical (unpaired) electrons. The summed E-state index contributed by atoms with van der Waals surface area (Å²) in [7, 11) is -2.41. The molecule has 6 atom stereocenters. The molecule has 0 saturated carbocycles. The van der Waals surface area contributed by atoms with E-state index in [1.54, 1.807) is 0 Å². The lowest BCUT2D eigenvalue weighted by molar-refractivity contribution is -0.234. The van der Waals surface area contributed by atoms with Gasteiger partial charge >= 0.3 is 0 Å². The normalized spacial score (nSPS) is 35.0. The summed E-state index contributed by atoms with van der Waals surface area (Å²) in [6.07, 6.45) is -1.89. The van der Waals surface area contributed by atoms with E-state index in [4.69, 9.17) is 23.9 Å². The first-order valence-electron chi connectivity index (χ1n) is 7.74. The Balaban J connectivity index is 1.91. The van der Waals surface area contributed by atoms with Crippen LogP contribution in [0.4, 0.5) is 0 Å². The van der Waals surface area contributed by atoms with Crippen molar-refractivity contribution in [2.24, 2.45) is 5.11 Å². The molecule has 0 unspecified atom stereocenters. The van der Waals surface area contributed by atoms with Crippen molar-refractivity contribution in [2.75, 3.05) is 13.4 Å². The number of rotatable bonds is 5. The standard InChI is InChI=1S/C15H19N3O6S/c1-21-15-12(17-18-16)14(24-25(2,19)20)13-11(23-15)8-10(22-13)9-6-4-3-5-7-9/h3-7,10-15H,8H2,1-2H3/t10-,11+,12+,13+,14-,15+/m1/s1. The summed E-state index contributed by atoms with van der Waals surface area (Å²) in [5.74, 6) is 0. The van der Waals surface area contributed by atoms with Crippen molar-refractivity contribution in [3.63, 3.8) is 0 Å². The van der Waals surface area contributed by atoms with Crippen molar-refractivity contribution >= 4 is 10.1 Å². The monoisotopic (exact) mass is 369 g/mol. The average molecular weight is 369 g/mol. The Kier molecular flexibility index (Phi) is 5.28. The van der Waals surface area contributed by atoms with Gasteiger partial charge in [-0.2, -0.15) is 8.42 Å². The van der Waals surface area contributed by atoms with Gasteiger partial charge in [0.2, 0.25) is 0 Å². The highest BCUT2D eigenvalue weighted by Crippen LogP contribution is 2.42. The smallest absolute Gasteiger partial charge is 0.264 e. The molecule has 2 aliphatic rings. The largest absolute Gasteiger partial charge is 0.365 e. The second-order valence-electron chi connectivity index (χ2n) is 5.97. The maximum Gasteiger partial charge on any atom is 0.264 e. The number of azide groups is 1. The number of ether oxygens (including phenoxy) is 3. The van der Waals surface area contributed by atoms with Gasteiger partial charge in [0, 0.05) is 18.4 Å². The number of hydrogen-bond donors (Lipinski definition) is 0. The molecular weight excluding hydrogens is 350 g/mol. The summed E-state index contributed by atoms with van der Waals surface area (Å²) in [6.45, 7) is 0. The molecule has 1 aromatic rings. The molecule has 10 heteroatoms. The van der Waals surface area contributed by atoms with E-state index in [2.05, 4.69) is 10.0 Å². The van der Waals surface area contributed by atoms with E-state index in [0.717, 1.165) is 11.8 Å². The number of nitrogens with zero attached hydrogens (tertiary/aromatic N) is 3. The van der Waals surface area contributed by atoms with Gasteiger partial charge < -0.3 is 14.2 Å². The van der Waals surface area contributed by atoms with E-state index in [1.807, 2.05) is 30.3 Å². The van der Waals surface area contributed by atoms with Crippen LogP contribution in [0.5, 0.6) is 0 Å². The van der Waals surface area contributed by atoms with Gasteiger partial charge in [-0.15, -0.1) is 0 Å². The zero-order valence-corrected chi connectivity index (χ0v) is 14.6. The van der Waals surface area contributed by atoms with Gasteiger partial charge in [0.05, 0.1) is 18.5 Å². The molecule has 3 rings (SSSR count). The quantitative estimate of drug-likeness (QED) is 0.338. The fourth-order valence-electron chi connectivity index (χ4n) is 3.27. The fourth-order valence-corrected chi connectivity index (χ4v) is 3.90. The first-order chi connectivity index (χ1) is 11.9. The molecule has 0 bridgehead atoms. The van der Waals surface area contributed by atoms with Crippen molar-refractivity contribution in [3.8, 4) is 0 Å². The first kappa shape index (κ1) is 18.1. The van der Waals surface area contributed by atoms with E-state index in [0.29, 0.717) is 6.42 Å². The molecule has 1 aromatic carbocycles. The maximum atomic E-state index is 11.7. The van der Waals surface area contributed by atoms with Crippen LogP contribution in [0.1, 0.15) is 18.1 Å². The number of benzene rings is 1. The predicted molar refractivity (Wildman–Crippen MR) is 87.0 cm³/mol. The number of hydrogen-bond acceptors (Lipinski definition) is 7. The molecule has 2 aliphatic heterocycles. The summed E-state index contributed by atoms with van der Waals surface area (Å²) < 4.78 is 45.7. The lowest BCUT2D eigenvalue weighted by Crippen LogP contribution is -2.57. The van der Waals surface area contributed by atoms with Crippen molar-refractivity contribution in [2.45, 2.75) is 43.2 Å². The Morgan fingerprint density at radius 1 is 1.28 bits per heavy atom. The second kappa shape index (κ2) is 7.28. The van der Waals surface area contributed by atoms with Gasteiger partial charge in [-0.1, -0.05) is 35.4 Å². The predicted octanol–water partition coefficient (Wildman–Crippen LogP) is 1.91. The van der Waals surface area contributed by atoms with Gasteiger partial charge in [0.15, 0.2) is 6.29 Å². The SMILES string of the molecule is CO[C@H]1O[C@H]2C[C@H](c3ccccc3)O[C@@H]2[C@H](OS(C)(=O)=O)[C@@H]1N=[N+]=[N-]. The number of methoxy groups -OCH3 is 1. The van der Waals surface area contributed by atoms with E-state index in [9.17, 15) is 8.42 Å². The van der Waals surface area contributed by atoms with E-state index < -0.39 is 40.8 Å². The van der Waals surface area contributed by atoms with Crippen LogP contribution in [-0.2, 0) is 28.5 Å². The van der Waals surface area contributed by atoms with Crippen LogP contribution in [0.3, 0.4) is 0 Å². The molecule has 2 saturated heterocycles. The molecular formula is C15H19N3O6S. The Morgan fingerprint density at radius 3 is 2.60 bits per heavy atom. The topological polar surface area (TPSA) is 120 Å². The fraction of sp³-hybridized carbons (Fsp3) is 0.600. The average Bonchev–Trinajstić information content (AvgIpc) is 3.00. The lowest BCUT2D eigenvalue weighted by atomic mass is 9.96. The minimum absolute atomic E-state index is 0.274. The molecule has 0 aromatic heterocycles. The van der Waals surface area contributed by atoms with Gasteiger partial charge in [-0.3, -0.25) is 4.18 Å². The molecule has 0 N–H and O–H groups in total. The first-order valence-corrected chi connectivity index (χ1v) is 9.55. The minimum atomic E-state index is -3.80. The molecule has 0 spiro atoms. The molecule has 2 heterocycles. The Hall–Kier alpha value is -1.68. The van der Waals surface area contributed by atoms with Crippen molar-refractivity contribution < 1.29 is 26.8 Å². The maximum absolute atomic E-state index is 11.7. The van der Waals surface area contributed by atoms with Crippen LogP contribution in [0.25, 0.3) is 10.4 Å². The van der Waals surface area contributed by atoms with Crippen LogP contribution < -0.4 is 0 Å². The van der Waals surface area contributed by atoms with E-state index in [1.165, 1.54) is 7.11 Å². The van der Waals surface area contributed by atoms with Gasteiger partial charge in [0.1, 0.15) is 18.2 Å². The summed E-state index contributed by atoms with van der Waals surface area (Å²) in [6, 6.07) is 8.55.